The van der Waals surface area contributed by atoms with Crippen LogP contribution in [0.2, 0.25) is 0 Å². The number of ether oxygens (including phenoxy) is 2. The number of rotatable bonds is 9. The average molecular weight is 319 g/mol. The number of aromatic nitrogens is 2. The maximum Gasteiger partial charge on any atom is 0.342 e. The molecule has 0 saturated heterocycles. The Morgan fingerprint density at radius 3 is 2.76 bits per heavy atom. The Bertz CT molecular complexity index is 549. The van der Waals surface area contributed by atoms with Crippen molar-refractivity contribution in [3.05, 3.63) is 11.8 Å². The van der Waals surface area contributed by atoms with Gasteiger partial charge in [-0.1, -0.05) is 13.3 Å². The maximum atomic E-state index is 12.3. The fourth-order valence-electron chi connectivity index (χ4n) is 1.84. The van der Waals surface area contributed by atoms with Crippen LogP contribution >= 0.6 is 0 Å². The molecule has 1 rings (SSSR count). The van der Waals surface area contributed by atoms with E-state index in [4.69, 9.17) is 9.47 Å². The number of aromatic amines is 1. The molecule has 9 heteroatoms. The molecule has 1 heterocycles. The predicted octanol–water partition coefficient (Wildman–Crippen LogP) is 0.680. The third-order valence-electron chi connectivity index (χ3n) is 2.70. The molecule has 0 bridgehead atoms. The van der Waals surface area contributed by atoms with E-state index in [2.05, 4.69) is 14.9 Å². The lowest BCUT2D eigenvalue weighted by Gasteiger charge is -2.16. The van der Waals surface area contributed by atoms with Crippen LogP contribution in [0.5, 0.6) is 0 Å². The minimum Gasteiger partial charge on any atom is -0.462 e. The van der Waals surface area contributed by atoms with Crippen LogP contribution in [0.4, 0.5) is 0 Å². The maximum absolute atomic E-state index is 12.3. The number of methoxy groups -OCH3 is 1. The Hall–Kier alpha value is -1.45. The van der Waals surface area contributed by atoms with Gasteiger partial charge >= 0.3 is 5.97 Å². The number of carbonyl (C=O) groups is 1. The van der Waals surface area contributed by atoms with E-state index in [1.807, 2.05) is 6.92 Å². The highest BCUT2D eigenvalue weighted by Crippen LogP contribution is 2.14. The van der Waals surface area contributed by atoms with E-state index in [0.29, 0.717) is 6.42 Å². The molecule has 0 saturated carbocycles. The molecule has 1 unspecified atom stereocenters. The zero-order valence-corrected chi connectivity index (χ0v) is 13.2. The molecule has 21 heavy (non-hydrogen) atoms. The van der Waals surface area contributed by atoms with Crippen molar-refractivity contribution in [2.45, 2.75) is 37.8 Å². The van der Waals surface area contributed by atoms with Gasteiger partial charge < -0.3 is 9.47 Å². The quantitative estimate of drug-likeness (QED) is 0.648. The van der Waals surface area contributed by atoms with E-state index >= 15 is 0 Å². The molecule has 1 aromatic heterocycles. The molecule has 0 aliphatic rings. The van der Waals surface area contributed by atoms with Crippen molar-refractivity contribution in [3.8, 4) is 0 Å². The van der Waals surface area contributed by atoms with Gasteiger partial charge in [0.15, 0.2) is 5.03 Å². The van der Waals surface area contributed by atoms with Crippen molar-refractivity contribution >= 4 is 16.0 Å². The van der Waals surface area contributed by atoms with Gasteiger partial charge in [-0.05, 0) is 13.3 Å². The number of hydrogen-bond acceptors (Lipinski definition) is 6. The highest BCUT2D eigenvalue weighted by atomic mass is 32.2. The summed E-state index contributed by atoms with van der Waals surface area (Å²) in [6, 6.07) is -0.372. The second-order valence-electron chi connectivity index (χ2n) is 4.40. The van der Waals surface area contributed by atoms with Crippen molar-refractivity contribution in [2.24, 2.45) is 0 Å². The van der Waals surface area contributed by atoms with Crippen molar-refractivity contribution in [1.29, 1.82) is 0 Å². The van der Waals surface area contributed by atoms with Crippen molar-refractivity contribution in [2.75, 3.05) is 20.3 Å². The topological polar surface area (TPSA) is 110 Å². The molecular weight excluding hydrogens is 298 g/mol. The third-order valence-corrected chi connectivity index (χ3v) is 4.19. The van der Waals surface area contributed by atoms with Crippen LogP contribution in [-0.4, -0.2) is 50.9 Å². The van der Waals surface area contributed by atoms with Crippen molar-refractivity contribution in [3.63, 3.8) is 0 Å². The number of sulfonamides is 1. The molecule has 0 fully saturated rings. The standard InChI is InChI=1S/C12H21N3O5S/c1-4-6-9(8-19-3)15-21(17,18)11-10(7-13-14-11)12(16)20-5-2/h7,9,15H,4-6,8H2,1-3H3,(H,13,14). The van der Waals surface area contributed by atoms with Crippen LogP contribution in [-0.2, 0) is 19.5 Å². The van der Waals surface area contributed by atoms with Gasteiger partial charge in [0.05, 0.1) is 19.4 Å². The van der Waals surface area contributed by atoms with Gasteiger partial charge in [-0.15, -0.1) is 0 Å². The van der Waals surface area contributed by atoms with Crippen LogP contribution < -0.4 is 4.72 Å². The number of H-pyrrole nitrogens is 1. The van der Waals surface area contributed by atoms with Crippen LogP contribution in [0.15, 0.2) is 11.2 Å². The van der Waals surface area contributed by atoms with Gasteiger partial charge in [0.25, 0.3) is 10.0 Å². The third kappa shape index (κ3) is 4.80. The first kappa shape index (κ1) is 17.6. The molecule has 8 nitrogen and oxygen atoms in total. The van der Waals surface area contributed by atoms with E-state index in [1.165, 1.54) is 7.11 Å². The fourth-order valence-corrected chi connectivity index (χ4v) is 3.18. The van der Waals surface area contributed by atoms with E-state index in [0.717, 1.165) is 12.6 Å². The molecule has 0 amide bonds. The molecule has 2 N–H and O–H groups in total. The zero-order valence-electron chi connectivity index (χ0n) is 12.4. The molecule has 0 radical (unpaired) electrons. The number of nitrogens with one attached hydrogen (secondary N) is 2. The van der Waals surface area contributed by atoms with Crippen LogP contribution in [0.3, 0.4) is 0 Å². The van der Waals surface area contributed by atoms with E-state index in [-0.39, 0.29) is 29.8 Å². The Labute approximate surface area is 124 Å². The number of nitrogens with zero attached hydrogens (tertiary/aromatic N) is 1. The summed E-state index contributed by atoms with van der Waals surface area (Å²) in [7, 11) is -2.41. The van der Waals surface area contributed by atoms with E-state index in [1.54, 1.807) is 6.92 Å². The summed E-state index contributed by atoms with van der Waals surface area (Å²) in [6.07, 6.45) is 2.55. The second-order valence-corrected chi connectivity index (χ2v) is 6.05. The van der Waals surface area contributed by atoms with Crippen LogP contribution in [0, 0.1) is 0 Å². The van der Waals surface area contributed by atoms with Crippen molar-refractivity contribution < 1.29 is 22.7 Å². The van der Waals surface area contributed by atoms with E-state index < -0.39 is 16.0 Å². The molecule has 0 aliphatic carbocycles. The number of esters is 1. The predicted molar refractivity (Wildman–Crippen MR) is 75.4 cm³/mol. The molecular formula is C12H21N3O5S. The van der Waals surface area contributed by atoms with E-state index in [9.17, 15) is 13.2 Å². The molecule has 1 atom stereocenters. The molecule has 1 aromatic rings. The Balaban J connectivity index is 2.97. The van der Waals surface area contributed by atoms with Gasteiger partial charge in [-0.3, -0.25) is 5.10 Å². The fraction of sp³-hybridized carbons (Fsp3) is 0.667. The van der Waals surface area contributed by atoms with Gasteiger partial charge in [-0.2, -0.15) is 5.10 Å². The first-order chi connectivity index (χ1) is 9.96. The lowest BCUT2D eigenvalue weighted by Crippen LogP contribution is -2.38. The monoisotopic (exact) mass is 319 g/mol. The number of carbonyl (C=O) groups excluding carboxylic acids is 1. The molecule has 0 aromatic carbocycles. The summed E-state index contributed by atoms with van der Waals surface area (Å²) in [5.41, 5.74) is -0.114. The van der Waals surface area contributed by atoms with Gasteiger partial charge in [0.1, 0.15) is 5.56 Å². The highest BCUT2D eigenvalue weighted by molar-refractivity contribution is 7.89. The normalized spacial score (nSPS) is 13.1. The largest absolute Gasteiger partial charge is 0.462 e. The molecule has 0 spiro atoms. The minimum atomic E-state index is -3.90. The zero-order chi connectivity index (χ0) is 15.9. The lowest BCUT2D eigenvalue weighted by atomic mass is 10.2. The minimum absolute atomic E-state index is 0.114. The van der Waals surface area contributed by atoms with Crippen LogP contribution in [0.25, 0.3) is 0 Å². The smallest absolute Gasteiger partial charge is 0.342 e. The highest BCUT2D eigenvalue weighted by Gasteiger charge is 2.28. The first-order valence-corrected chi connectivity index (χ1v) is 8.16. The SMILES string of the molecule is CCCC(COC)NS(=O)(=O)c1[nH]ncc1C(=O)OCC. The molecule has 0 aliphatic heterocycles. The Morgan fingerprint density at radius 2 is 2.19 bits per heavy atom. The van der Waals surface area contributed by atoms with Gasteiger partial charge in [0.2, 0.25) is 0 Å². The second kappa shape index (κ2) is 8.11. The summed E-state index contributed by atoms with van der Waals surface area (Å²) in [4.78, 5) is 11.7. The Morgan fingerprint density at radius 1 is 1.48 bits per heavy atom. The van der Waals surface area contributed by atoms with Crippen LogP contribution in [0.1, 0.15) is 37.0 Å². The number of hydrogen-bond donors (Lipinski definition) is 2. The van der Waals surface area contributed by atoms with Gasteiger partial charge in [-0.25, -0.2) is 17.9 Å². The average Bonchev–Trinajstić information content (AvgIpc) is 2.89. The lowest BCUT2D eigenvalue weighted by molar-refractivity contribution is 0.0522. The summed E-state index contributed by atoms with van der Waals surface area (Å²) < 4.78 is 37.0. The Kier molecular flexibility index (Phi) is 6.79. The summed E-state index contributed by atoms with van der Waals surface area (Å²) >= 11 is 0. The van der Waals surface area contributed by atoms with Crippen molar-refractivity contribution in [1.82, 2.24) is 14.9 Å². The first-order valence-electron chi connectivity index (χ1n) is 6.68. The summed E-state index contributed by atoms with van der Waals surface area (Å²) in [5, 5.41) is 5.65. The summed E-state index contributed by atoms with van der Waals surface area (Å²) in [6.45, 7) is 3.98. The molecule has 120 valence electrons. The van der Waals surface area contributed by atoms with Gasteiger partial charge in [0, 0.05) is 13.2 Å². The summed E-state index contributed by atoms with van der Waals surface area (Å²) in [5.74, 6) is -0.731.